The van der Waals surface area contributed by atoms with Crippen molar-refractivity contribution in [2.45, 2.75) is 30.6 Å². The van der Waals surface area contributed by atoms with Gasteiger partial charge in [0.15, 0.2) is 23.1 Å². The van der Waals surface area contributed by atoms with E-state index in [1.165, 1.54) is 25.1 Å². The Morgan fingerprint density at radius 2 is 1.78 bits per heavy atom. The Morgan fingerprint density at radius 1 is 1.16 bits per heavy atom. The van der Waals surface area contributed by atoms with Crippen molar-refractivity contribution in [3.63, 3.8) is 0 Å². The number of amides is 1. The molecule has 10 nitrogen and oxygen atoms in total. The van der Waals surface area contributed by atoms with Crippen LogP contribution >= 0.6 is 0 Å². The van der Waals surface area contributed by atoms with Crippen molar-refractivity contribution >= 4 is 29.0 Å². The summed E-state index contributed by atoms with van der Waals surface area (Å²) in [6.07, 6.45) is -1.62. The molecule has 10 heteroatoms. The van der Waals surface area contributed by atoms with Crippen molar-refractivity contribution in [2.75, 3.05) is 14.1 Å². The van der Waals surface area contributed by atoms with Gasteiger partial charge in [-0.25, -0.2) is 0 Å². The molecular weight excluding hydrogens is 420 g/mol. The Bertz CT molecular complexity index is 1110. The molecular formula is C22H24N2O8. The van der Waals surface area contributed by atoms with Gasteiger partial charge in [-0.1, -0.05) is 19.1 Å². The third kappa shape index (κ3) is 2.51. The second-order valence-corrected chi connectivity index (χ2v) is 8.94. The maximum absolute atomic E-state index is 13.6. The zero-order chi connectivity index (χ0) is 23.9. The first kappa shape index (κ1) is 22.1. The third-order valence-corrected chi connectivity index (χ3v) is 7.13. The lowest BCUT2D eigenvalue weighted by Gasteiger charge is -2.54. The van der Waals surface area contributed by atoms with E-state index in [0.29, 0.717) is 5.56 Å². The maximum Gasteiger partial charge on any atom is 0.235 e. The first-order valence-corrected chi connectivity index (χ1v) is 10.1. The van der Waals surface area contributed by atoms with Gasteiger partial charge in [-0.05, 0) is 31.6 Å². The summed E-state index contributed by atoms with van der Waals surface area (Å²) in [4.78, 5) is 53.1. The van der Waals surface area contributed by atoms with E-state index in [-0.39, 0.29) is 11.3 Å². The van der Waals surface area contributed by atoms with Crippen molar-refractivity contribution in [3.05, 3.63) is 34.9 Å². The summed E-state index contributed by atoms with van der Waals surface area (Å²) in [5, 5.41) is 44.1. The number of ketones is 3. The lowest BCUT2D eigenvalue weighted by molar-refractivity contribution is -0.187. The number of aromatic hydroxyl groups is 1. The van der Waals surface area contributed by atoms with Crippen molar-refractivity contribution in [3.8, 4) is 5.75 Å². The molecule has 6 N–H and O–H groups in total. The maximum atomic E-state index is 13.6. The number of aliphatic hydroxyl groups excluding tert-OH is 2. The molecule has 7 atom stereocenters. The number of phenols is 1. The number of Topliss-reactive ketones (excluding diaryl/α,β-unsaturated/α-hetero) is 3. The van der Waals surface area contributed by atoms with Gasteiger partial charge in [0.05, 0.1) is 23.6 Å². The van der Waals surface area contributed by atoms with Crippen LogP contribution in [0.1, 0.15) is 24.0 Å². The zero-order valence-electron chi connectivity index (χ0n) is 17.6. The topological polar surface area (TPSA) is 178 Å². The molecule has 1 aromatic carbocycles. The van der Waals surface area contributed by atoms with E-state index in [9.17, 15) is 39.6 Å². The number of fused-ring (bicyclic) bond motifs is 3. The van der Waals surface area contributed by atoms with Crippen molar-refractivity contribution < 1.29 is 39.6 Å². The monoisotopic (exact) mass is 444 g/mol. The molecule has 0 saturated heterocycles. The van der Waals surface area contributed by atoms with Crippen LogP contribution in [0.4, 0.5) is 0 Å². The number of rotatable bonds is 2. The fourth-order valence-electron chi connectivity index (χ4n) is 5.72. The van der Waals surface area contributed by atoms with Gasteiger partial charge >= 0.3 is 0 Å². The highest BCUT2D eigenvalue weighted by Gasteiger charge is 2.71. The number of primary amides is 1. The largest absolute Gasteiger partial charge is 0.507 e. The third-order valence-electron chi connectivity index (χ3n) is 7.13. The molecule has 0 aliphatic heterocycles. The number of nitrogens with zero attached hydrogens (tertiary/aromatic N) is 1. The Balaban J connectivity index is 2.02. The van der Waals surface area contributed by atoms with Gasteiger partial charge in [0.25, 0.3) is 0 Å². The van der Waals surface area contributed by atoms with Gasteiger partial charge in [-0.2, -0.15) is 0 Å². The quantitative estimate of drug-likeness (QED) is 0.353. The van der Waals surface area contributed by atoms with Gasteiger partial charge < -0.3 is 26.2 Å². The van der Waals surface area contributed by atoms with Crippen LogP contribution in [0.15, 0.2) is 23.8 Å². The first-order chi connectivity index (χ1) is 14.9. The van der Waals surface area contributed by atoms with Gasteiger partial charge in [0, 0.05) is 11.5 Å². The van der Waals surface area contributed by atoms with Gasteiger partial charge in [0.2, 0.25) is 11.7 Å². The van der Waals surface area contributed by atoms with E-state index in [1.54, 1.807) is 19.1 Å². The Morgan fingerprint density at radius 3 is 2.34 bits per heavy atom. The van der Waals surface area contributed by atoms with Crippen LogP contribution in [0, 0.1) is 17.8 Å². The van der Waals surface area contributed by atoms with E-state index in [4.69, 9.17) is 5.73 Å². The Labute approximate surface area is 182 Å². The molecule has 0 unspecified atom stereocenters. The number of hydrogen-bond donors (Lipinski definition) is 5. The van der Waals surface area contributed by atoms with Crippen LogP contribution in [-0.2, 0) is 19.2 Å². The average molecular weight is 444 g/mol. The molecule has 0 aromatic heterocycles. The molecule has 170 valence electrons. The molecule has 3 aliphatic rings. The molecule has 0 bridgehead atoms. The van der Waals surface area contributed by atoms with E-state index < -0.39 is 76.0 Å². The lowest BCUT2D eigenvalue weighted by Crippen LogP contribution is -2.75. The van der Waals surface area contributed by atoms with Crippen LogP contribution in [0.25, 0.3) is 5.76 Å². The summed E-state index contributed by atoms with van der Waals surface area (Å²) >= 11 is 0. The van der Waals surface area contributed by atoms with Crippen molar-refractivity contribution in [2.24, 2.45) is 23.5 Å². The zero-order valence-corrected chi connectivity index (χ0v) is 17.6. The molecule has 3 aliphatic carbocycles. The second-order valence-electron chi connectivity index (χ2n) is 8.94. The van der Waals surface area contributed by atoms with E-state index in [0.717, 1.165) is 0 Å². The standard InChI is InChI=1S/C22H24N2O8/c1-7-8-5-4-6-9(25)11(8)16(26)12-10(7)17(27)14-15(24(2)3)18(28)13(21(23)31)20(30)22(14,32)19(12)29/h4-7,10,13-15,17,25-27,32H,1-3H3,(H2,23,31)/t7-,10-,13-,14-,15-,17+,22+/m1/s1. The Hall–Kier alpha value is -3.08. The second kappa shape index (κ2) is 6.96. The smallest absolute Gasteiger partial charge is 0.235 e. The minimum atomic E-state index is -2.97. The lowest BCUT2D eigenvalue weighted by atomic mass is 9.52. The highest BCUT2D eigenvalue weighted by molar-refractivity contribution is 6.32. The molecule has 2 fully saturated rings. The molecule has 0 spiro atoms. The molecule has 2 saturated carbocycles. The average Bonchev–Trinajstić information content (AvgIpc) is 2.70. The van der Waals surface area contributed by atoms with Crippen LogP contribution in [-0.4, -0.2) is 80.4 Å². The predicted octanol–water partition coefficient (Wildman–Crippen LogP) is -1.13. The van der Waals surface area contributed by atoms with Gasteiger partial charge in [-0.3, -0.25) is 24.1 Å². The molecule has 0 radical (unpaired) electrons. The minimum absolute atomic E-state index is 0.0382. The summed E-state index contributed by atoms with van der Waals surface area (Å²) in [7, 11) is 2.91. The summed E-state index contributed by atoms with van der Waals surface area (Å²) in [5.74, 6) is -11.2. The van der Waals surface area contributed by atoms with Crippen LogP contribution < -0.4 is 5.73 Å². The fraction of sp³-hybridized carbons (Fsp3) is 0.455. The van der Waals surface area contributed by atoms with Crippen molar-refractivity contribution in [1.82, 2.24) is 4.90 Å². The number of hydrogen-bond acceptors (Lipinski definition) is 9. The minimum Gasteiger partial charge on any atom is -0.507 e. The van der Waals surface area contributed by atoms with Crippen LogP contribution in [0.5, 0.6) is 5.75 Å². The number of benzene rings is 1. The van der Waals surface area contributed by atoms with E-state index >= 15 is 0 Å². The van der Waals surface area contributed by atoms with Crippen LogP contribution in [0.3, 0.4) is 0 Å². The number of carbonyl (C=O) groups excluding carboxylic acids is 4. The van der Waals surface area contributed by atoms with Gasteiger partial charge in [0.1, 0.15) is 11.5 Å². The number of carbonyl (C=O) groups is 4. The molecule has 0 heterocycles. The van der Waals surface area contributed by atoms with Crippen molar-refractivity contribution in [1.29, 1.82) is 0 Å². The Kier molecular flexibility index (Phi) is 4.81. The predicted molar refractivity (Wildman–Crippen MR) is 109 cm³/mol. The number of nitrogens with two attached hydrogens (primary N) is 1. The molecule has 1 aromatic rings. The first-order valence-electron chi connectivity index (χ1n) is 10.1. The number of aliphatic hydroxyl groups is 3. The summed E-state index contributed by atoms with van der Waals surface area (Å²) in [6, 6.07) is 3.11. The normalized spacial score (nSPS) is 36.6. The summed E-state index contributed by atoms with van der Waals surface area (Å²) in [5.41, 5.74) is 2.28. The number of likely N-dealkylation sites (N-methyl/N-ethyl adjacent to an activating group) is 1. The number of phenolic OH excluding ortho intramolecular Hbond substituents is 1. The highest BCUT2D eigenvalue weighted by Crippen LogP contribution is 2.55. The summed E-state index contributed by atoms with van der Waals surface area (Å²) in [6.45, 7) is 1.67. The molecule has 32 heavy (non-hydrogen) atoms. The molecule has 1 amide bonds. The van der Waals surface area contributed by atoms with E-state index in [2.05, 4.69) is 0 Å². The fourth-order valence-corrected chi connectivity index (χ4v) is 5.72. The van der Waals surface area contributed by atoms with E-state index in [1.807, 2.05) is 0 Å². The highest BCUT2D eigenvalue weighted by atomic mass is 16.3. The molecule has 4 rings (SSSR count). The summed E-state index contributed by atoms with van der Waals surface area (Å²) < 4.78 is 0. The van der Waals surface area contributed by atoms with Gasteiger partial charge in [-0.15, -0.1) is 0 Å². The SMILES string of the molecule is C[C@@H]1c2cccc(O)c2C(O)=C2C(=O)[C@]3(O)C(=O)[C@H](C(N)=O)C(=O)[C@H](N(C)C)[C@@H]3[C@@H](O)[C@@H]21. The van der Waals surface area contributed by atoms with Crippen LogP contribution in [0.2, 0.25) is 0 Å².